The van der Waals surface area contributed by atoms with Gasteiger partial charge in [-0.25, -0.2) is 15.8 Å². The first-order valence-electron chi connectivity index (χ1n) is 5.99. The molecule has 0 fully saturated rings. The van der Waals surface area contributed by atoms with Crippen LogP contribution in [0.2, 0.25) is 0 Å². The molecule has 0 aliphatic heterocycles. The number of nitrogen functional groups attached to an aromatic ring is 2. The summed E-state index contributed by atoms with van der Waals surface area (Å²) in [6.45, 7) is 2.02. The molecule has 20 heavy (non-hydrogen) atoms. The number of benzene rings is 1. The molecule has 102 valence electrons. The van der Waals surface area contributed by atoms with Crippen LogP contribution in [0.5, 0.6) is 0 Å². The fourth-order valence-electron chi connectivity index (χ4n) is 1.71. The SMILES string of the molecule is Cc1ccccc1/C=C/c1cc(C(=O)NN)nc(N)n1. The first-order chi connectivity index (χ1) is 9.60. The highest BCUT2D eigenvalue weighted by atomic mass is 16.2. The number of aromatic nitrogens is 2. The first-order valence-corrected chi connectivity index (χ1v) is 5.99. The van der Waals surface area contributed by atoms with Crippen molar-refractivity contribution < 1.29 is 4.79 Å². The molecule has 1 amide bonds. The van der Waals surface area contributed by atoms with E-state index < -0.39 is 5.91 Å². The smallest absolute Gasteiger partial charge is 0.283 e. The van der Waals surface area contributed by atoms with Gasteiger partial charge in [0, 0.05) is 0 Å². The van der Waals surface area contributed by atoms with Crippen LogP contribution in [0.3, 0.4) is 0 Å². The highest BCUT2D eigenvalue weighted by molar-refractivity contribution is 5.92. The van der Waals surface area contributed by atoms with Gasteiger partial charge in [0.1, 0.15) is 5.69 Å². The van der Waals surface area contributed by atoms with Gasteiger partial charge in [0.2, 0.25) is 5.95 Å². The Morgan fingerprint density at radius 2 is 2.00 bits per heavy atom. The van der Waals surface area contributed by atoms with Crippen LogP contribution in [0.15, 0.2) is 30.3 Å². The molecular weight excluding hydrogens is 254 g/mol. The average molecular weight is 269 g/mol. The summed E-state index contributed by atoms with van der Waals surface area (Å²) in [5.74, 6) is 4.58. The van der Waals surface area contributed by atoms with E-state index in [0.717, 1.165) is 11.1 Å². The highest BCUT2D eigenvalue weighted by Crippen LogP contribution is 2.12. The maximum absolute atomic E-state index is 11.4. The van der Waals surface area contributed by atoms with Crippen molar-refractivity contribution in [2.45, 2.75) is 6.92 Å². The predicted molar refractivity (Wildman–Crippen MR) is 78.2 cm³/mol. The molecular formula is C14H15N5O. The topological polar surface area (TPSA) is 107 Å². The number of nitrogens with zero attached hydrogens (tertiary/aromatic N) is 2. The molecule has 0 unspecified atom stereocenters. The second-order valence-corrected chi connectivity index (χ2v) is 4.20. The molecule has 0 saturated heterocycles. The normalized spacial score (nSPS) is 10.7. The van der Waals surface area contributed by atoms with E-state index in [-0.39, 0.29) is 11.6 Å². The number of carbonyl (C=O) groups excluding carboxylic acids is 1. The number of rotatable bonds is 3. The van der Waals surface area contributed by atoms with Crippen molar-refractivity contribution in [3.05, 3.63) is 52.8 Å². The van der Waals surface area contributed by atoms with E-state index >= 15 is 0 Å². The minimum Gasteiger partial charge on any atom is -0.368 e. The average Bonchev–Trinajstić information content (AvgIpc) is 2.45. The molecule has 0 aliphatic rings. The van der Waals surface area contributed by atoms with Gasteiger partial charge in [-0.15, -0.1) is 0 Å². The van der Waals surface area contributed by atoms with Crippen LogP contribution >= 0.6 is 0 Å². The van der Waals surface area contributed by atoms with E-state index in [4.69, 9.17) is 11.6 Å². The lowest BCUT2D eigenvalue weighted by Crippen LogP contribution is -2.31. The molecule has 0 radical (unpaired) electrons. The molecule has 6 heteroatoms. The number of anilines is 1. The van der Waals surface area contributed by atoms with E-state index in [1.807, 2.05) is 42.7 Å². The van der Waals surface area contributed by atoms with Gasteiger partial charge in [-0.05, 0) is 30.2 Å². The van der Waals surface area contributed by atoms with Crippen molar-refractivity contribution in [1.29, 1.82) is 0 Å². The number of hydrogen-bond acceptors (Lipinski definition) is 5. The van der Waals surface area contributed by atoms with Crippen LogP contribution in [0, 0.1) is 6.92 Å². The Morgan fingerprint density at radius 3 is 2.70 bits per heavy atom. The van der Waals surface area contributed by atoms with E-state index in [2.05, 4.69) is 9.97 Å². The summed E-state index contributed by atoms with van der Waals surface area (Å²) in [6, 6.07) is 9.45. The summed E-state index contributed by atoms with van der Waals surface area (Å²) < 4.78 is 0. The van der Waals surface area contributed by atoms with Gasteiger partial charge in [-0.1, -0.05) is 30.3 Å². The monoisotopic (exact) mass is 269 g/mol. The third kappa shape index (κ3) is 3.18. The van der Waals surface area contributed by atoms with Gasteiger partial charge in [-0.2, -0.15) is 0 Å². The third-order valence-corrected chi connectivity index (χ3v) is 2.75. The van der Waals surface area contributed by atoms with Crippen molar-refractivity contribution in [3.8, 4) is 0 Å². The fraction of sp³-hybridized carbons (Fsp3) is 0.0714. The van der Waals surface area contributed by atoms with Crippen molar-refractivity contribution >= 4 is 24.0 Å². The van der Waals surface area contributed by atoms with Gasteiger partial charge in [0.05, 0.1) is 5.69 Å². The summed E-state index contributed by atoms with van der Waals surface area (Å²) in [4.78, 5) is 19.3. The number of carbonyl (C=O) groups is 1. The molecule has 2 aromatic rings. The van der Waals surface area contributed by atoms with E-state index in [0.29, 0.717) is 5.69 Å². The largest absolute Gasteiger partial charge is 0.368 e. The van der Waals surface area contributed by atoms with Crippen molar-refractivity contribution in [1.82, 2.24) is 15.4 Å². The molecule has 0 spiro atoms. The minimum absolute atomic E-state index is 0.0236. The predicted octanol–water partition coefficient (Wildman–Crippen LogP) is 1.14. The Balaban J connectivity index is 2.32. The molecule has 6 nitrogen and oxygen atoms in total. The molecule has 5 N–H and O–H groups in total. The molecule has 1 heterocycles. The van der Waals surface area contributed by atoms with E-state index in [9.17, 15) is 4.79 Å². The summed E-state index contributed by atoms with van der Waals surface area (Å²) >= 11 is 0. The Bertz CT molecular complexity index is 666. The zero-order chi connectivity index (χ0) is 14.5. The maximum Gasteiger partial charge on any atom is 0.283 e. The maximum atomic E-state index is 11.4. The number of amides is 1. The number of nitrogens with one attached hydrogen (secondary N) is 1. The Labute approximate surface area is 116 Å². The van der Waals surface area contributed by atoms with Gasteiger partial charge in [0.15, 0.2) is 0 Å². The molecule has 0 saturated carbocycles. The van der Waals surface area contributed by atoms with E-state index in [1.165, 1.54) is 6.07 Å². The Morgan fingerprint density at radius 1 is 1.25 bits per heavy atom. The van der Waals surface area contributed by atoms with Crippen LogP contribution in [0.4, 0.5) is 5.95 Å². The minimum atomic E-state index is -0.510. The summed E-state index contributed by atoms with van der Waals surface area (Å²) in [6.07, 6.45) is 3.68. The van der Waals surface area contributed by atoms with Crippen molar-refractivity contribution in [2.24, 2.45) is 5.84 Å². The highest BCUT2D eigenvalue weighted by Gasteiger charge is 2.07. The van der Waals surface area contributed by atoms with Crippen molar-refractivity contribution in [3.63, 3.8) is 0 Å². The number of hydrazine groups is 1. The molecule has 0 aliphatic carbocycles. The number of aryl methyl sites for hydroxylation is 1. The van der Waals surface area contributed by atoms with Crippen LogP contribution < -0.4 is 17.0 Å². The standard InChI is InChI=1S/C14H15N5O/c1-9-4-2-3-5-10(9)6-7-11-8-12(13(20)19-16)18-14(15)17-11/h2-8H,16H2,1H3,(H,19,20)(H2,15,17,18)/b7-6+. The molecule has 2 rings (SSSR count). The van der Waals surface area contributed by atoms with Gasteiger partial charge >= 0.3 is 0 Å². The summed E-state index contributed by atoms with van der Waals surface area (Å²) in [5.41, 5.74) is 10.5. The molecule has 0 atom stereocenters. The van der Waals surface area contributed by atoms with Crippen LogP contribution in [-0.4, -0.2) is 15.9 Å². The zero-order valence-electron chi connectivity index (χ0n) is 11.0. The second kappa shape index (κ2) is 5.94. The quantitative estimate of drug-likeness (QED) is 0.440. The number of nitrogens with two attached hydrogens (primary N) is 2. The summed E-state index contributed by atoms with van der Waals surface area (Å²) in [7, 11) is 0. The van der Waals surface area contributed by atoms with Gasteiger partial charge in [0.25, 0.3) is 5.91 Å². The third-order valence-electron chi connectivity index (χ3n) is 2.75. The lowest BCUT2D eigenvalue weighted by Gasteiger charge is -2.02. The zero-order valence-corrected chi connectivity index (χ0v) is 11.0. The molecule has 1 aromatic carbocycles. The van der Waals surface area contributed by atoms with E-state index in [1.54, 1.807) is 6.08 Å². The number of hydrogen-bond donors (Lipinski definition) is 3. The molecule has 0 bridgehead atoms. The Kier molecular flexibility index (Phi) is 4.07. The van der Waals surface area contributed by atoms with Crippen molar-refractivity contribution in [2.75, 3.05) is 5.73 Å². The molecule has 1 aromatic heterocycles. The van der Waals surface area contributed by atoms with Crippen LogP contribution in [0.1, 0.15) is 27.3 Å². The fourth-order valence-corrected chi connectivity index (χ4v) is 1.71. The Hall–Kier alpha value is -2.73. The van der Waals surface area contributed by atoms with Gasteiger partial charge in [-0.3, -0.25) is 10.2 Å². The lowest BCUT2D eigenvalue weighted by atomic mass is 10.1. The van der Waals surface area contributed by atoms with Crippen LogP contribution in [-0.2, 0) is 0 Å². The summed E-state index contributed by atoms with van der Waals surface area (Å²) in [5, 5.41) is 0. The van der Waals surface area contributed by atoms with Gasteiger partial charge < -0.3 is 5.73 Å². The van der Waals surface area contributed by atoms with Crippen LogP contribution in [0.25, 0.3) is 12.2 Å². The second-order valence-electron chi connectivity index (χ2n) is 4.20. The lowest BCUT2D eigenvalue weighted by molar-refractivity contribution is 0.0948. The first kappa shape index (κ1) is 13.7.